The Morgan fingerprint density at radius 3 is 1.36 bits per heavy atom. The topological polar surface area (TPSA) is 98.7 Å². The second-order valence-corrected chi connectivity index (χ2v) is 10.4. The molecule has 3 aromatic rings. The summed E-state index contributed by atoms with van der Waals surface area (Å²) in [7, 11) is -5.09. The van der Waals surface area contributed by atoms with Crippen molar-refractivity contribution in [2.24, 2.45) is 0 Å². The molecule has 1 unspecified atom stereocenters. The number of hydrogen-bond donors (Lipinski definition) is 0. The molecule has 0 amide bonds. The van der Waals surface area contributed by atoms with Crippen LogP contribution in [0.4, 0.5) is 11.4 Å². The van der Waals surface area contributed by atoms with Gasteiger partial charge in [0.2, 0.25) is 0 Å². The van der Waals surface area contributed by atoms with E-state index in [4.69, 9.17) is 18.6 Å². The van der Waals surface area contributed by atoms with Crippen molar-refractivity contribution in [1.29, 1.82) is 0 Å². The lowest BCUT2D eigenvalue weighted by Gasteiger charge is -2.22. The maximum absolute atomic E-state index is 8.49. The van der Waals surface area contributed by atoms with Crippen LogP contribution < -0.4 is 28.4 Å². The largest absolute Gasteiger partial charge is 0.372 e. The van der Waals surface area contributed by atoms with Crippen LogP contribution >= 0.6 is 0 Å². The Kier molecular flexibility index (Phi) is 12.0. The van der Waals surface area contributed by atoms with Crippen molar-refractivity contribution in [2.45, 2.75) is 28.5 Å². The van der Waals surface area contributed by atoms with Gasteiger partial charge in [-0.15, -0.1) is 23.4 Å². The Morgan fingerprint density at radius 2 is 1.00 bits per heavy atom. The van der Waals surface area contributed by atoms with E-state index in [-0.39, 0.29) is 10.9 Å². The normalized spacial score (nSPS) is 11.6. The van der Waals surface area contributed by atoms with Crippen LogP contribution in [0.5, 0.6) is 0 Å². The van der Waals surface area contributed by atoms with Crippen molar-refractivity contribution in [3.8, 4) is 0 Å². The monoisotopic (exact) mass is 528 g/mol. The van der Waals surface area contributed by atoms with Gasteiger partial charge in [0.15, 0.2) is 14.7 Å². The molecule has 0 spiro atoms. The summed E-state index contributed by atoms with van der Waals surface area (Å²) >= 11 is 0. The van der Waals surface area contributed by atoms with Crippen LogP contribution in [0, 0.1) is 10.2 Å². The van der Waals surface area contributed by atoms with Gasteiger partial charge in [0.05, 0.1) is 10.9 Å². The number of anilines is 2. The van der Waals surface area contributed by atoms with Gasteiger partial charge in [-0.3, -0.25) is 0 Å². The minimum absolute atomic E-state index is 0.146. The molecule has 0 aliphatic rings. The second kappa shape index (κ2) is 14.7. The van der Waals surface area contributed by atoms with Crippen molar-refractivity contribution in [1.82, 2.24) is 0 Å². The van der Waals surface area contributed by atoms with Gasteiger partial charge in [0.1, 0.15) is 0 Å². The van der Waals surface area contributed by atoms with Gasteiger partial charge in [-0.25, -0.2) is 18.6 Å². The summed E-state index contributed by atoms with van der Waals surface area (Å²) in [6.45, 7) is 15.8. The van der Waals surface area contributed by atoms with Gasteiger partial charge in [-0.05, 0) is 74.5 Å². The van der Waals surface area contributed by atoms with E-state index in [9.17, 15) is 0 Å². The molecule has 0 aromatic heterocycles. The minimum Gasteiger partial charge on any atom is -0.372 e. The summed E-state index contributed by atoms with van der Waals surface area (Å²) < 4.78 is 34.0. The van der Waals surface area contributed by atoms with Crippen LogP contribution in [0.15, 0.2) is 119 Å². The third-order valence-corrected chi connectivity index (χ3v) is 7.55. The Labute approximate surface area is 219 Å². The molecule has 0 fully saturated rings. The van der Waals surface area contributed by atoms with Gasteiger partial charge >= 0.3 is 0 Å². The van der Waals surface area contributed by atoms with Crippen molar-refractivity contribution < 1.29 is 28.9 Å². The molecule has 3 rings (SSSR count). The molecule has 0 saturated heterocycles. The van der Waals surface area contributed by atoms with Crippen molar-refractivity contribution in [2.75, 3.05) is 36.0 Å². The van der Waals surface area contributed by atoms with Gasteiger partial charge in [0.25, 0.3) is 0 Å². The fourth-order valence-electron chi connectivity index (χ4n) is 3.74. The van der Waals surface area contributed by atoms with Crippen LogP contribution in [-0.4, -0.2) is 26.2 Å². The zero-order valence-electron chi connectivity index (χ0n) is 20.7. The van der Waals surface area contributed by atoms with Gasteiger partial charge in [-0.1, -0.05) is 30.4 Å². The molecule has 3 aromatic carbocycles. The maximum atomic E-state index is 8.49. The lowest BCUT2D eigenvalue weighted by Crippen LogP contribution is -2.68. The van der Waals surface area contributed by atoms with E-state index in [1.165, 1.54) is 26.1 Å². The third-order valence-electron chi connectivity index (χ3n) is 5.32. The molecule has 0 N–H and O–H groups in total. The van der Waals surface area contributed by atoms with Gasteiger partial charge in [-0.2, -0.15) is 0 Å². The molecular weight excluding hydrogens is 496 g/mol. The molecule has 0 saturated carbocycles. The third kappa shape index (κ3) is 9.35. The Bertz CT molecular complexity index is 1040. The van der Waals surface area contributed by atoms with Crippen molar-refractivity contribution >= 4 is 22.3 Å². The second-order valence-electron chi connectivity index (χ2n) is 7.64. The summed E-state index contributed by atoms with van der Waals surface area (Å²) in [5.74, 6) is 0. The van der Waals surface area contributed by atoms with E-state index in [2.05, 4.69) is 116 Å². The predicted octanol–water partition coefficient (Wildman–Crippen LogP) is 2.05. The van der Waals surface area contributed by atoms with Crippen LogP contribution in [0.1, 0.15) is 13.8 Å². The first-order valence-corrected chi connectivity index (χ1v) is 14.0. The van der Waals surface area contributed by atoms with Crippen LogP contribution in [0.25, 0.3) is 0 Å². The van der Waals surface area contributed by atoms with Gasteiger partial charge in [0, 0.05) is 37.6 Å². The lowest BCUT2D eigenvalue weighted by molar-refractivity contribution is -2.00. The molecule has 6 nitrogen and oxygen atoms in total. The summed E-state index contributed by atoms with van der Waals surface area (Å²) in [4.78, 5) is 8.64. The fraction of sp³-hybridized carbons (Fsp3) is 0.214. The van der Waals surface area contributed by atoms with E-state index < -0.39 is 10.2 Å². The molecule has 1 atom stereocenters. The predicted molar refractivity (Wildman–Crippen MR) is 138 cm³/mol. The van der Waals surface area contributed by atoms with E-state index in [1.54, 1.807) is 0 Å². The Hall–Kier alpha value is -2.78. The highest BCUT2D eigenvalue weighted by atomic mass is 35.7. The molecule has 0 heterocycles. The minimum atomic E-state index is -4.94. The highest BCUT2D eigenvalue weighted by molar-refractivity contribution is 7.97. The number of halogens is 1. The molecule has 0 aliphatic heterocycles. The number of hydrogen-bond acceptors (Lipinski definition) is 6. The summed E-state index contributed by atoms with van der Waals surface area (Å²) in [5, 5.41) is 0. The quantitative estimate of drug-likeness (QED) is 0.279. The highest BCUT2D eigenvalue weighted by Gasteiger charge is 2.28. The molecular formula is C28H33ClN2O4S. The molecule has 0 aliphatic carbocycles. The lowest BCUT2D eigenvalue weighted by atomic mass is 10.3. The maximum Gasteiger partial charge on any atom is 0.166 e. The highest BCUT2D eigenvalue weighted by Crippen LogP contribution is 2.33. The molecule has 36 heavy (non-hydrogen) atoms. The van der Waals surface area contributed by atoms with E-state index in [0.717, 1.165) is 26.2 Å². The smallest absolute Gasteiger partial charge is 0.166 e. The van der Waals surface area contributed by atoms with Crippen LogP contribution in [0.3, 0.4) is 0 Å². The molecule has 0 radical (unpaired) electrons. The fourth-order valence-corrected chi connectivity index (χ4v) is 5.80. The van der Waals surface area contributed by atoms with Crippen LogP contribution in [0.2, 0.25) is 0 Å². The zero-order chi connectivity index (χ0) is 26.6. The number of rotatable bonds is 11. The average molecular weight is 529 g/mol. The van der Waals surface area contributed by atoms with Crippen molar-refractivity contribution in [3.63, 3.8) is 0 Å². The molecule has 192 valence electrons. The first kappa shape index (κ1) is 29.5. The van der Waals surface area contributed by atoms with E-state index in [1.807, 2.05) is 12.2 Å². The summed E-state index contributed by atoms with van der Waals surface area (Å²) in [6.07, 6.45) is 3.87. The number of benzene rings is 3. The van der Waals surface area contributed by atoms with E-state index >= 15 is 0 Å². The first-order chi connectivity index (χ1) is 17.2. The number of nitrogens with zero attached hydrogens (tertiary/aromatic N) is 2. The Morgan fingerprint density at radius 1 is 0.639 bits per heavy atom. The van der Waals surface area contributed by atoms with Crippen molar-refractivity contribution in [3.05, 3.63) is 104 Å². The zero-order valence-corrected chi connectivity index (χ0v) is 22.3. The Balaban J connectivity index is 0.000000830. The molecule has 8 heteroatoms. The summed E-state index contributed by atoms with van der Waals surface area (Å²) in [6, 6.07) is 28.9. The standard InChI is InChI=1S/C28H33N2S.ClHO4/c1-5-22-30(23-6-2)25-16-20-28(21-17-25)31(26-12-10-9-11-13-26)27-18-14-24(15-19-27)29(7-3)8-4;2-1(3,4)5/h5-6,9-21H,1-2,7-8,22-23H2,3-4H3;(H,2,3,4,5)/q+1;/p-1. The van der Waals surface area contributed by atoms with E-state index in [0.29, 0.717) is 0 Å². The van der Waals surface area contributed by atoms with Crippen LogP contribution in [-0.2, 0) is 10.9 Å². The first-order valence-electron chi connectivity index (χ1n) is 11.5. The molecule has 0 bridgehead atoms. The average Bonchev–Trinajstić information content (AvgIpc) is 2.86. The SMILES string of the molecule is C=CCN(CC=C)c1ccc([S+](c2ccccc2)c2ccc(N(CC)CC)cc2)cc1.[O-][Cl+3]([O-])([O-])[O-]. The summed E-state index contributed by atoms with van der Waals surface area (Å²) in [5.41, 5.74) is 2.47. The van der Waals surface area contributed by atoms with Gasteiger partial charge < -0.3 is 9.80 Å².